The monoisotopic (exact) mass is 388 g/mol. The van der Waals surface area contributed by atoms with Crippen LogP contribution in [0.5, 0.6) is 0 Å². The number of thiophene rings is 1. The summed E-state index contributed by atoms with van der Waals surface area (Å²) in [5.74, 6) is -0.0460. The first kappa shape index (κ1) is 13.7. The van der Waals surface area contributed by atoms with Crippen molar-refractivity contribution in [2.75, 3.05) is 6.54 Å². The molecule has 2 aromatic rings. The van der Waals surface area contributed by atoms with Crippen LogP contribution in [0, 0.1) is 0 Å². The maximum Gasteiger partial charge on any atom is 0.261 e. The van der Waals surface area contributed by atoms with Crippen molar-refractivity contribution >= 4 is 49.1 Å². The summed E-state index contributed by atoms with van der Waals surface area (Å²) in [6.07, 6.45) is 4.33. The number of amides is 1. The smallest absolute Gasteiger partial charge is 0.261 e. The molecule has 18 heavy (non-hydrogen) atoms. The Bertz CT molecular complexity index is 523. The van der Waals surface area contributed by atoms with Gasteiger partial charge in [0.25, 0.3) is 5.91 Å². The topological polar surface area (TPSA) is 42.0 Å². The molecule has 6 heteroatoms. The van der Waals surface area contributed by atoms with Crippen LogP contribution in [0.15, 0.2) is 38.9 Å². The van der Waals surface area contributed by atoms with Crippen molar-refractivity contribution in [3.63, 3.8) is 0 Å². The number of aromatic nitrogens is 1. The molecule has 2 rings (SSSR count). The molecule has 1 amide bonds. The van der Waals surface area contributed by atoms with Gasteiger partial charge in [-0.1, -0.05) is 6.07 Å². The van der Waals surface area contributed by atoms with Gasteiger partial charge in [-0.15, -0.1) is 11.3 Å². The molecule has 2 aromatic heterocycles. The molecule has 0 atom stereocenters. The van der Waals surface area contributed by atoms with E-state index in [0.29, 0.717) is 11.4 Å². The number of hydrogen-bond acceptors (Lipinski definition) is 3. The zero-order valence-corrected chi connectivity index (χ0v) is 13.3. The van der Waals surface area contributed by atoms with E-state index in [2.05, 4.69) is 42.2 Å². The summed E-state index contributed by atoms with van der Waals surface area (Å²) in [5, 5.41) is 2.89. The minimum absolute atomic E-state index is 0.0460. The van der Waals surface area contributed by atoms with Crippen LogP contribution in [0.25, 0.3) is 0 Å². The van der Waals surface area contributed by atoms with E-state index in [1.807, 2.05) is 24.4 Å². The van der Waals surface area contributed by atoms with E-state index < -0.39 is 0 Å². The van der Waals surface area contributed by atoms with Gasteiger partial charge in [-0.25, -0.2) is 0 Å². The standard InChI is InChI=1S/C12H10Br2N2OS/c13-9-6-10(18-11(9)14)12(17)16-5-3-8-2-1-4-15-7-8/h1-2,4,6-7H,3,5H2,(H,16,17). The number of carbonyl (C=O) groups excluding carboxylic acids is 1. The number of halogens is 2. The third kappa shape index (κ3) is 3.63. The normalized spacial score (nSPS) is 10.3. The number of rotatable bonds is 4. The summed E-state index contributed by atoms with van der Waals surface area (Å²) >= 11 is 8.15. The van der Waals surface area contributed by atoms with Gasteiger partial charge in [-0.05, 0) is 56.0 Å². The molecule has 0 fully saturated rings. The SMILES string of the molecule is O=C(NCCc1cccnc1)c1cc(Br)c(Br)s1. The van der Waals surface area contributed by atoms with Gasteiger partial charge in [0.05, 0.1) is 8.66 Å². The molecular formula is C12H10Br2N2OS. The van der Waals surface area contributed by atoms with Crippen LogP contribution >= 0.6 is 43.2 Å². The Morgan fingerprint density at radius 2 is 2.28 bits per heavy atom. The lowest BCUT2D eigenvalue weighted by molar-refractivity contribution is 0.0958. The fourth-order valence-electron chi connectivity index (χ4n) is 1.41. The summed E-state index contributed by atoms with van der Waals surface area (Å²) in [6, 6.07) is 5.70. The zero-order chi connectivity index (χ0) is 13.0. The highest BCUT2D eigenvalue weighted by molar-refractivity contribution is 9.13. The summed E-state index contributed by atoms with van der Waals surface area (Å²) < 4.78 is 1.84. The van der Waals surface area contributed by atoms with E-state index in [-0.39, 0.29) is 5.91 Å². The Morgan fingerprint density at radius 3 is 2.89 bits per heavy atom. The summed E-state index contributed by atoms with van der Waals surface area (Å²) in [4.78, 5) is 16.6. The molecule has 0 aliphatic rings. The number of nitrogens with zero attached hydrogens (tertiary/aromatic N) is 1. The molecule has 3 nitrogen and oxygen atoms in total. The first-order chi connectivity index (χ1) is 8.66. The zero-order valence-electron chi connectivity index (χ0n) is 9.32. The molecule has 94 valence electrons. The summed E-state index contributed by atoms with van der Waals surface area (Å²) in [5.41, 5.74) is 1.12. The van der Waals surface area contributed by atoms with Crippen molar-refractivity contribution < 1.29 is 4.79 Å². The fourth-order valence-corrected chi connectivity index (χ4v) is 3.36. The van der Waals surface area contributed by atoms with Crippen LogP contribution in [-0.2, 0) is 6.42 Å². The lowest BCUT2D eigenvalue weighted by atomic mass is 10.2. The molecule has 0 radical (unpaired) electrons. The molecule has 0 bridgehead atoms. The van der Waals surface area contributed by atoms with E-state index in [4.69, 9.17) is 0 Å². The van der Waals surface area contributed by atoms with E-state index in [1.54, 1.807) is 6.20 Å². The minimum atomic E-state index is -0.0460. The van der Waals surface area contributed by atoms with Crippen molar-refractivity contribution in [1.82, 2.24) is 10.3 Å². The predicted octanol–water partition coefficient (Wildman–Crippen LogP) is 3.64. The van der Waals surface area contributed by atoms with Gasteiger partial charge in [-0.2, -0.15) is 0 Å². The predicted molar refractivity (Wildman–Crippen MR) is 80.0 cm³/mol. The maximum atomic E-state index is 11.8. The highest BCUT2D eigenvalue weighted by Crippen LogP contribution is 2.32. The van der Waals surface area contributed by atoms with Gasteiger partial charge < -0.3 is 5.32 Å². The van der Waals surface area contributed by atoms with Crippen molar-refractivity contribution in [1.29, 1.82) is 0 Å². The van der Waals surface area contributed by atoms with Crippen LogP contribution in [0.3, 0.4) is 0 Å². The van der Waals surface area contributed by atoms with E-state index in [9.17, 15) is 4.79 Å². The largest absolute Gasteiger partial charge is 0.351 e. The Morgan fingerprint density at radius 1 is 1.44 bits per heavy atom. The van der Waals surface area contributed by atoms with Gasteiger partial charge in [-0.3, -0.25) is 9.78 Å². The first-order valence-electron chi connectivity index (χ1n) is 5.29. The second kappa shape index (κ2) is 6.45. The summed E-state index contributed by atoms with van der Waals surface area (Å²) in [6.45, 7) is 0.609. The van der Waals surface area contributed by atoms with Crippen LogP contribution in [0.1, 0.15) is 15.2 Å². The highest BCUT2D eigenvalue weighted by atomic mass is 79.9. The average molecular weight is 390 g/mol. The van der Waals surface area contributed by atoms with Crippen molar-refractivity contribution in [3.05, 3.63) is 49.3 Å². The molecule has 0 saturated carbocycles. The van der Waals surface area contributed by atoms with Crippen LogP contribution < -0.4 is 5.32 Å². The number of nitrogens with one attached hydrogen (secondary N) is 1. The number of carbonyl (C=O) groups is 1. The highest BCUT2D eigenvalue weighted by Gasteiger charge is 2.11. The van der Waals surface area contributed by atoms with Crippen LogP contribution in [-0.4, -0.2) is 17.4 Å². The molecule has 0 spiro atoms. The van der Waals surface area contributed by atoms with Crippen LogP contribution in [0.4, 0.5) is 0 Å². The third-order valence-electron chi connectivity index (χ3n) is 2.29. The van der Waals surface area contributed by atoms with Gasteiger partial charge in [0.1, 0.15) is 0 Å². The Balaban J connectivity index is 1.85. The lowest BCUT2D eigenvalue weighted by Gasteiger charge is -2.03. The van der Waals surface area contributed by atoms with Gasteiger partial charge >= 0.3 is 0 Å². The fraction of sp³-hybridized carbons (Fsp3) is 0.167. The lowest BCUT2D eigenvalue weighted by Crippen LogP contribution is -2.24. The maximum absolute atomic E-state index is 11.8. The Hall–Kier alpha value is -0.720. The second-order valence-electron chi connectivity index (χ2n) is 3.60. The molecular weight excluding hydrogens is 380 g/mol. The van der Waals surface area contributed by atoms with Gasteiger partial charge in [0, 0.05) is 23.4 Å². The average Bonchev–Trinajstić information content (AvgIpc) is 2.71. The first-order valence-corrected chi connectivity index (χ1v) is 7.69. The Kier molecular flexibility index (Phi) is 4.91. The molecule has 0 aromatic carbocycles. The Labute approximate surface area is 126 Å². The molecule has 1 N–H and O–H groups in total. The number of hydrogen-bond donors (Lipinski definition) is 1. The van der Waals surface area contributed by atoms with Crippen molar-refractivity contribution in [3.8, 4) is 0 Å². The van der Waals surface area contributed by atoms with Gasteiger partial charge in [0.2, 0.25) is 0 Å². The molecule has 0 aliphatic heterocycles. The molecule has 0 aliphatic carbocycles. The second-order valence-corrected chi connectivity index (χ2v) is 6.82. The van der Waals surface area contributed by atoms with Crippen molar-refractivity contribution in [2.45, 2.75) is 6.42 Å². The molecule has 0 saturated heterocycles. The molecule has 0 unspecified atom stereocenters. The van der Waals surface area contributed by atoms with Crippen molar-refractivity contribution in [2.24, 2.45) is 0 Å². The van der Waals surface area contributed by atoms with E-state index in [1.165, 1.54) is 11.3 Å². The minimum Gasteiger partial charge on any atom is -0.351 e. The third-order valence-corrected chi connectivity index (χ3v) is 5.55. The van der Waals surface area contributed by atoms with E-state index >= 15 is 0 Å². The molecule has 2 heterocycles. The number of pyridine rings is 1. The van der Waals surface area contributed by atoms with Crippen LogP contribution in [0.2, 0.25) is 0 Å². The summed E-state index contributed by atoms with van der Waals surface area (Å²) in [7, 11) is 0. The quantitative estimate of drug-likeness (QED) is 0.867. The van der Waals surface area contributed by atoms with E-state index in [0.717, 1.165) is 20.2 Å². The van der Waals surface area contributed by atoms with Gasteiger partial charge in [0.15, 0.2) is 0 Å².